The average molecular weight is 400 g/mol. The van der Waals surface area contributed by atoms with Crippen molar-refractivity contribution in [1.29, 1.82) is 0 Å². The van der Waals surface area contributed by atoms with Crippen LogP contribution in [0.5, 0.6) is 11.5 Å². The fraction of sp³-hybridized carbons (Fsp3) is 0.458. The van der Waals surface area contributed by atoms with Crippen LogP contribution >= 0.6 is 0 Å². The van der Waals surface area contributed by atoms with Gasteiger partial charge in [0.1, 0.15) is 6.10 Å². The van der Waals surface area contributed by atoms with Gasteiger partial charge in [-0.05, 0) is 63.3 Å². The molecule has 0 aliphatic rings. The van der Waals surface area contributed by atoms with Gasteiger partial charge in [-0.15, -0.1) is 0 Å². The Hall–Kier alpha value is -2.53. The maximum Gasteiger partial charge on any atom is 0.249 e. The summed E-state index contributed by atoms with van der Waals surface area (Å²) in [5, 5.41) is 2.98. The molecule has 5 nitrogen and oxygen atoms in total. The van der Waals surface area contributed by atoms with Crippen LogP contribution in [0, 0.1) is 6.92 Å². The van der Waals surface area contributed by atoms with E-state index in [-0.39, 0.29) is 12.0 Å². The van der Waals surface area contributed by atoms with Crippen LogP contribution in [0.2, 0.25) is 0 Å². The van der Waals surface area contributed by atoms with Gasteiger partial charge >= 0.3 is 0 Å². The first kappa shape index (κ1) is 22.8. The maximum atomic E-state index is 12.5. The summed E-state index contributed by atoms with van der Waals surface area (Å²) in [6, 6.07) is 14.2. The smallest absolute Gasteiger partial charge is 0.249 e. The van der Waals surface area contributed by atoms with Crippen LogP contribution in [0.4, 0.5) is 0 Å². The van der Waals surface area contributed by atoms with Crippen LogP contribution in [0.25, 0.3) is 0 Å². The predicted molar refractivity (Wildman–Crippen MR) is 116 cm³/mol. The molecular formula is C24H33NO4. The lowest BCUT2D eigenvalue weighted by molar-refractivity contribution is -0.131. The van der Waals surface area contributed by atoms with Crippen molar-refractivity contribution in [2.75, 3.05) is 20.8 Å². The lowest BCUT2D eigenvalue weighted by Gasteiger charge is -2.16. The fourth-order valence-corrected chi connectivity index (χ4v) is 3.07. The predicted octanol–water partition coefficient (Wildman–Crippen LogP) is 4.10. The molecule has 5 heteroatoms. The van der Waals surface area contributed by atoms with Crippen molar-refractivity contribution in [3.8, 4) is 11.5 Å². The molecule has 0 bridgehead atoms. The Morgan fingerprint density at radius 3 is 2.28 bits per heavy atom. The minimum Gasteiger partial charge on any atom is -0.493 e. The summed E-state index contributed by atoms with van der Waals surface area (Å²) >= 11 is 0. The fourth-order valence-electron chi connectivity index (χ4n) is 3.07. The minimum atomic E-state index is -0.451. The number of carbonyl (C=O) groups is 1. The van der Waals surface area contributed by atoms with Crippen molar-refractivity contribution in [2.24, 2.45) is 0 Å². The second-order valence-corrected chi connectivity index (χ2v) is 7.44. The third-order valence-electron chi connectivity index (χ3n) is 4.70. The molecular weight excluding hydrogens is 366 g/mol. The van der Waals surface area contributed by atoms with Gasteiger partial charge in [0.05, 0.1) is 13.2 Å². The van der Waals surface area contributed by atoms with Crippen molar-refractivity contribution in [3.05, 3.63) is 59.2 Å². The molecule has 0 heterocycles. The van der Waals surface area contributed by atoms with Crippen LogP contribution in [0.15, 0.2) is 42.5 Å². The zero-order valence-corrected chi connectivity index (χ0v) is 18.2. The normalized spacial score (nSPS) is 11.9. The van der Waals surface area contributed by atoms with Gasteiger partial charge in [0, 0.05) is 13.7 Å². The summed E-state index contributed by atoms with van der Waals surface area (Å²) in [4.78, 5) is 12.5. The number of carbonyl (C=O) groups excluding carboxylic acids is 1. The summed E-state index contributed by atoms with van der Waals surface area (Å²) in [6.45, 7) is 6.56. The van der Waals surface area contributed by atoms with Crippen LogP contribution < -0.4 is 14.8 Å². The van der Waals surface area contributed by atoms with Crippen LogP contribution in [0.3, 0.4) is 0 Å². The summed E-state index contributed by atoms with van der Waals surface area (Å²) in [6.07, 6.45) is 1.80. The Bertz CT molecular complexity index is 771. The number of hydrogen-bond donors (Lipinski definition) is 1. The molecule has 0 aromatic heterocycles. The second kappa shape index (κ2) is 11.5. The maximum absolute atomic E-state index is 12.5. The minimum absolute atomic E-state index is 0.0775. The number of amides is 1. The Kier molecular flexibility index (Phi) is 9.00. The molecule has 0 radical (unpaired) electrons. The second-order valence-electron chi connectivity index (χ2n) is 7.44. The van der Waals surface area contributed by atoms with Gasteiger partial charge in [-0.25, -0.2) is 0 Å². The number of aryl methyl sites for hydroxylation is 2. The molecule has 1 atom stereocenters. The monoisotopic (exact) mass is 399 g/mol. The van der Waals surface area contributed by atoms with Crippen LogP contribution in [0.1, 0.15) is 37.0 Å². The van der Waals surface area contributed by atoms with Crippen molar-refractivity contribution < 1.29 is 19.0 Å². The van der Waals surface area contributed by atoms with E-state index >= 15 is 0 Å². The van der Waals surface area contributed by atoms with Gasteiger partial charge in [-0.2, -0.15) is 0 Å². The number of nitrogens with one attached hydrogen (secondary N) is 1. The van der Waals surface area contributed by atoms with Crippen LogP contribution in [-0.2, 0) is 22.4 Å². The molecule has 0 saturated heterocycles. The quantitative estimate of drug-likeness (QED) is 0.618. The first-order valence-corrected chi connectivity index (χ1v) is 10.1. The zero-order valence-electron chi connectivity index (χ0n) is 18.2. The highest BCUT2D eigenvalue weighted by molar-refractivity contribution is 5.80. The SMILES string of the molecule is COc1cc(CCNC(=O)C(CCc2ccc(C)cc2)OC)ccc1OC(C)C. The molecule has 1 N–H and O–H groups in total. The number of ether oxygens (including phenoxy) is 3. The summed E-state index contributed by atoms with van der Waals surface area (Å²) < 4.78 is 16.6. The molecule has 0 spiro atoms. The van der Waals surface area contributed by atoms with Gasteiger partial charge < -0.3 is 19.5 Å². The van der Waals surface area contributed by atoms with Crippen molar-refractivity contribution in [1.82, 2.24) is 5.32 Å². The lowest BCUT2D eigenvalue weighted by Crippen LogP contribution is -2.37. The summed E-state index contributed by atoms with van der Waals surface area (Å²) in [7, 11) is 3.21. The first-order valence-electron chi connectivity index (χ1n) is 10.1. The van der Waals surface area contributed by atoms with E-state index in [2.05, 4.69) is 36.5 Å². The standard InChI is InChI=1S/C24H33NO4/c1-17(2)29-21-12-11-20(16-23(21)28-5)14-15-25-24(26)22(27-4)13-10-19-8-6-18(3)7-9-19/h6-9,11-12,16-17,22H,10,13-15H2,1-5H3,(H,25,26). The number of methoxy groups -OCH3 is 2. The molecule has 2 rings (SSSR count). The molecule has 0 saturated carbocycles. The molecule has 29 heavy (non-hydrogen) atoms. The van der Waals surface area contributed by atoms with Gasteiger partial charge in [0.25, 0.3) is 0 Å². The van der Waals surface area contributed by atoms with E-state index in [1.165, 1.54) is 11.1 Å². The van der Waals surface area contributed by atoms with E-state index in [1.54, 1.807) is 14.2 Å². The molecule has 158 valence electrons. The first-order chi connectivity index (χ1) is 13.9. The average Bonchev–Trinajstić information content (AvgIpc) is 2.70. The van der Waals surface area contributed by atoms with Gasteiger partial charge in [-0.3, -0.25) is 4.79 Å². The van der Waals surface area contributed by atoms with E-state index in [4.69, 9.17) is 14.2 Å². The third-order valence-corrected chi connectivity index (χ3v) is 4.70. The molecule has 2 aromatic rings. The zero-order chi connectivity index (χ0) is 21.2. The molecule has 2 aromatic carbocycles. The molecule has 0 aliphatic carbocycles. The summed E-state index contributed by atoms with van der Waals surface area (Å²) in [5.74, 6) is 1.35. The van der Waals surface area contributed by atoms with Gasteiger partial charge in [0.15, 0.2) is 11.5 Å². The number of benzene rings is 2. The van der Waals surface area contributed by atoms with Crippen LogP contribution in [-0.4, -0.2) is 38.9 Å². The molecule has 1 unspecified atom stereocenters. The molecule has 0 fully saturated rings. The topological polar surface area (TPSA) is 56.8 Å². The van der Waals surface area contributed by atoms with E-state index in [9.17, 15) is 4.79 Å². The van der Waals surface area contributed by atoms with Gasteiger partial charge in [0.2, 0.25) is 5.91 Å². The van der Waals surface area contributed by atoms with Crippen molar-refractivity contribution in [2.45, 2.75) is 52.2 Å². The van der Waals surface area contributed by atoms with E-state index < -0.39 is 6.10 Å². The highest BCUT2D eigenvalue weighted by Crippen LogP contribution is 2.29. The highest BCUT2D eigenvalue weighted by Gasteiger charge is 2.17. The Morgan fingerprint density at radius 2 is 1.66 bits per heavy atom. The molecule has 1 amide bonds. The number of rotatable bonds is 11. The Balaban J connectivity index is 1.83. The van der Waals surface area contributed by atoms with Crippen molar-refractivity contribution in [3.63, 3.8) is 0 Å². The Labute approximate surface area is 174 Å². The summed E-state index contributed by atoms with van der Waals surface area (Å²) in [5.41, 5.74) is 3.52. The lowest BCUT2D eigenvalue weighted by atomic mass is 10.0. The van der Waals surface area contributed by atoms with E-state index in [0.29, 0.717) is 25.1 Å². The highest BCUT2D eigenvalue weighted by atomic mass is 16.5. The van der Waals surface area contributed by atoms with Crippen molar-refractivity contribution >= 4 is 5.91 Å². The number of hydrogen-bond acceptors (Lipinski definition) is 4. The van der Waals surface area contributed by atoms with E-state index in [0.717, 1.165) is 17.7 Å². The largest absolute Gasteiger partial charge is 0.493 e. The van der Waals surface area contributed by atoms with Gasteiger partial charge in [-0.1, -0.05) is 35.9 Å². The Morgan fingerprint density at radius 1 is 0.966 bits per heavy atom. The van der Waals surface area contributed by atoms with E-state index in [1.807, 2.05) is 32.0 Å². The third kappa shape index (κ3) is 7.42. The molecule has 0 aliphatic heterocycles.